The van der Waals surface area contributed by atoms with Crippen LogP contribution in [0.3, 0.4) is 0 Å². The number of para-hydroxylation sites is 1. The lowest BCUT2D eigenvalue weighted by Crippen LogP contribution is -2.00. The molecule has 0 amide bonds. The highest BCUT2D eigenvalue weighted by Crippen LogP contribution is 2.39. The number of nitrogens with zero attached hydrogens (tertiary/aromatic N) is 3. The highest BCUT2D eigenvalue weighted by Gasteiger charge is 2.16. The third-order valence-electron chi connectivity index (χ3n) is 10.7. The third-order valence-corrected chi connectivity index (χ3v) is 10.7. The Kier molecular flexibility index (Phi) is 7.14. The van der Waals surface area contributed by atoms with Gasteiger partial charge in [0, 0.05) is 27.5 Å². The summed E-state index contributed by atoms with van der Waals surface area (Å²) in [7, 11) is 0. The zero-order chi connectivity index (χ0) is 36.3. The summed E-state index contributed by atoms with van der Waals surface area (Å²) in [5, 5.41) is 9.81. The highest BCUT2D eigenvalue weighted by atomic mass is 16.3. The van der Waals surface area contributed by atoms with Crippen molar-refractivity contribution >= 4 is 54.3 Å². The molecular formula is C51H31N3O. The predicted octanol–water partition coefficient (Wildman–Crippen LogP) is 13.6. The van der Waals surface area contributed by atoms with Crippen molar-refractivity contribution in [1.82, 2.24) is 15.0 Å². The smallest absolute Gasteiger partial charge is 0.164 e. The van der Waals surface area contributed by atoms with E-state index in [9.17, 15) is 0 Å². The van der Waals surface area contributed by atoms with Crippen LogP contribution in [0.2, 0.25) is 0 Å². The van der Waals surface area contributed by atoms with Gasteiger partial charge in [-0.1, -0.05) is 164 Å². The molecule has 4 heteroatoms. The van der Waals surface area contributed by atoms with Crippen LogP contribution in [0.25, 0.3) is 111 Å². The molecule has 2 heterocycles. The van der Waals surface area contributed by atoms with Crippen molar-refractivity contribution in [1.29, 1.82) is 0 Å². The maximum atomic E-state index is 6.21. The van der Waals surface area contributed by atoms with E-state index in [-0.39, 0.29) is 0 Å². The van der Waals surface area contributed by atoms with Gasteiger partial charge in [0.2, 0.25) is 0 Å². The van der Waals surface area contributed by atoms with Crippen LogP contribution in [-0.2, 0) is 0 Å². The number of benzene rings is 9. The standard InChI is InChI=1S/C51H31N3O/c1-2-12-33(13-3-1)49-52-50(54-51(53-49)37-15-10-14-36(30-37)38-21-11-23-47-48(38)44-20-8-9-22-46(44)55-47)34-26-24-32(25-27-34)35-28-29-43-41-18-5-4-16-39(41)40-17-6-7-19-42(40)45(43)31-35/h1-31H. The molecule has 0 saturated carbocycles. The molecule has 4 nitrogen and oxygen atoms in total. The molecule has 11 aromatic rings. The Labute approximate surface area is 317 Å². The minimum Gasteiger partial charge on any atom is -0.456 e. The second-order valence-electron chi connectivity index (χ2n) is 14.0. The number of fused-ring (bicyclic) bond motifs is 9. The Hall–Kier alpha value is -7.43. The molecule has 0 N–H and O–H groups in total. The zero-order valence-corrected chi connectivity index (χ0v) is 29.6. The lowest BCUT2D eigenvalue weighted by atomic mass is 9.92. The number of aromatic nitrogens is 3. The summed E-state index contributed by atoms with van der Waals surface area (Å²) >= 11 is 0. The lowest BCUT2D eigenvalue weighted by Gasteiger charge is -2.12. The van der Waals surface area contributed by atoms with Crippen molar-refractivity contribution in [2.45, 2.75) is 0 Å². The number of hydrogen-bond acceptors (Lipinski definition) is 4. The van der Waals surface area contributed by atoms with Crippen LogP contribution in [0.1, 0.15) is 0 Å². The summed E-state index contributed by atoms with van der Waals surface area (Å²) in [5.41, 5.74) is 8.99. The number of furan rings is 1. The molecule has 2 aromatic heterocycles. The summed E-state index contributed by atoms with van der Waals surface area (Å²) < 4.78 is 6.21. The second-order valence-corrected chi connectivity index (χ2v) is 14.0. The number of rotatable bonds is 5. The van der Waals surface area contributed by atoms with E-state index in [4.69, 9.17) is 19.4 Å². The van der Waals surface area contributed by atoms with E-state index in [2.05, 4.69) is 133 Å². The molecule has 0 radical (unpaired) electrons. The summed E-state index contributed by atoms with van der Waals surface area (Å²) in [6.07, 6.45) is 0. The first-order valence-corrected chi connectivity index (χ1v) is 18.5. The first-order valence-electron chi connectivity index (χ1n) is 18.5. The molecule has 0 spiro atoms. The summed E-state index contributed by atoms with van der Waals surface area (Å²) in [6, 6.07) is 65.8. The Morgan fingerprint density at radius 3 is 1.45 bits per heavy atom. The van der Waals surface area contributed by atoms with Crippen LogP contribution in [0.5, 0.6) is 0 Å². The average Bonchev–Trinajstić information content (AvgIpc) is 3.66. The predicted molar refractivity (Wildman–Crippen MR) is 227 cm³/mol. The molecule has 0 fully saturated rings. The van der Waals surface area contributed by atoms with Gasteiger partial charge in [-0.2, -0.15) is 0 Å². The Morgan fingerprint density at radius 2 is 0.745 bits per heavy atom. The van der Waals surface area contributed by atoms with Gasteiger partial charge < -0.3 is 4.42 Å². The van der Waals surface area contributed by atoms with Gasteiger partial charge in [-0.15, -0.1) is 0 Å². The van der Waals surface area contributed by atoms with Crippen LogP contribution in [0, 0.1) is 0 Å². The summed E-state index contributed by atoms with van der Waals surface area (Å²) in [5.74, 6) is 1.87. The van der Waals surface area contributed by atoms with E-state index < -0.39 is 0 Å². The molecule has 0 atom stereocenters. The van der Waals surface area contributed by atoms with Crippen LogP contribution >= 0.6 is 0 Å². The van der Waals surface area contributed by atoms with Gasteiger partial charge >= 0.3 is 0 Å². The fourth-order valence-corrected chi connectivity index (χ4v) is 8.09. The van der Waals surface area contributed by atoms with E-state index in [1.165, 1.54) is 32.3 Å². The molecule has 256 valence electrons. The largest absolute Gasteiger partial charge is 0.456 e. The average molecular weight is 702 g/mol. The molecule has 0 saturated heterocycles. The SMILES string of the molecule is c1ccc(-c2nc(-c3ccc(-c4ccc5c6ccccc6c6ccccc6c5c4)cc3)nc(-c3cccc(-c4cccc5oc6ccccc6c45)c3)n2)cc1. The minimum atomic E-state index is 0.618. The van der Waals surface area contributed by atoms with Crippen molar-refractivity contribution in [2.75, 3.05) is 0 Å². The molecule has 0 aliphatic carbocycles. The zero-order valence-electron chi connectivity index (χ0n) is 29.6. The van der Waals surface area contributed by atoms with Crippen molar-refractivity contribution < 1.29 is 4.42 Å². The fourth-order valence-electron chi connectivity index (χ4n) is 8.09. The van der Waals surface area contributed by atoms with Gasteiger partial charge in [0.25, 0.3) is 0 Å². The van der Waals surface area contributed by atoms with Crippen LogP contribution < -0.4 is 0 Å². The highest BCUT2D eigenvalue weighted by molar-refractivity contribution is 6.25. The molecule has 0 aliphatic rings. The van der Waals surface area contributed by atoms with E-state index in [0.717, 1.165) is 60.9 Å². The van der Waals surface area contributed by atoms with Crippen LogP contribution in [0.15, 0.2) is 192 Å². The van der Waals surface area contributed by atoms with E-state index >= 15 is 0 Å². The molecule has 0 bridgehead atoms. The molecule has 11 rings (SSSR count). The number of hydrogen-bond donors (Lipinski definition) is 0. The third kappa shape index (κ3) is 5.26. The van der Waals surface area contributed by atoms with E-state index in [1.807, 2.05) is 54.6 Å². The maximum Gasteiger partial charge on any atom is 0.164 e. The molecule has 0 aliphatic heterocycles. The van der Waals surface area contributed by atoms with Gasteiger partial charge in [0.05, 0.1) is 0 Å². The molecule has 55 heavy (non-hydrogen) atoms. The van der Waals surface area contributed by atoms with Crippen molar-refractivity contribution in [2.24, 2.45) is 0 Å². The summed E-state index contributed by atoms with van der Waals surface area (Å²) in [6.45, 7) is 0. The first kappa shape index (κ1) is 31.1. The molecule has 0 unspecified atom stereocenters. The van der Waals surface area contributed by atoms with Crippen molar-refractivity contribution in [3.63, 3.8) is 0 Å². The van der Waals surface area contributed by atoms with Gasteiger partial charge in [-0.05, 0) is 78.8 Å². The maximum absolute atomic E-state index is 6.21. The van der Waals surface area contributed by atoms with E-state index in [0.29, 0.717) is 17.5 Å². The lowest BCUT2D eigenvalue weighted by molar-refractivity contribution is 0.669. The monoisotopic (exact) mass is 701 g/mol. The molecular weight excluding hydrogens is 671 g/mol. The normalized spacial score (nSPS) is 11.6. The van der Waals surface area contributed by atoms with Gasteiger partial charge in [0.15, 0.2) is 17.5 Å². The fraction of sp³-hybridized carbons (Fsp3) is 0. The van der Waals surface area contributed by atoms with Gasteiger partial charge in [0.1, 0.15) is 11.2 Å². The minimum absolute atomic E-state index is 0.618. The van der Waals surface area contributed by atoms with Gasteiger partial charge in [-0.25, -0.2) is 15.0 Å². The second kappa shape index (κ2) is 12.6. The Bertz CT molecular complexity index is 3220. The quantitative estimate of drug-likeness (QED) is 0.168. The van der Waals surface area contributed by atoms with Crippen LogP contribution in [-0.4, -0.2) is 15.0 Å². The van der Waals surface area contributed by atoms with Gasteiger partial charge in [-0.3, -0.25) is 0 Å². The van der Waals surface area contributed by atoms with Crippen LogP contribution in [0.4, 0.5) is 0 Å². The van der Waals surface area contributed by atoms with E-state index in [1.54, 1.807) is 0 Å². The first-order chi connectivity index (χ1) is 27.2. The van der Waals surface area contributed by atoms with Crippen molar-refractivity contribution in [3.8, 4) is 56.4 Å². The van der Waals surface area contributed by atoms with Crippen molar-refractivity contribution in [3.05, 3.63) is 188 Å². The summed E-state index contributed by atoms with van der Waals surface area (Å²) in [4.78, 5) is 15.2. The topological polar surface area (TPSA) is 51.8 Å². The Balaban J connectivity index is 1.01. The molecule has 9 aromatic carbocycles. The Morgan fingerprint density at radius 1 is 0.273 bits per heavy atom.